The first-order valence-corrected chi connectivity index (χ1v) is 6.31. The number of rotatable bonds is 3. The summed E-state index contributed by atoms with van der Waals surface area (Å²) in [6.45, 7) is 0. The van der Waals surface area contributed by atoms with Crippen LogP contribution in [-0.4, -0.2) is 19.5 Å². The third-order valence-electron chi connectivity index (χ3n) is 4.51. The fourth-order valence-electron chi connectivity index (χ4n) is 3.65. The van der Waals surface area contributed by atoms with Crippen LogP contribution in [-0.2, 0) is 9.53 Å². The molecule has 2 aliphatic carbocycles. The van der Waals surface area contributed by atoms with Gasteiger partial charge in [0, 0.05) is 12.5 Å². The minimum absolute atomic E-state index is 0.0267. The highest BCUT2D eigenvalue weighted by Gasteiger charge is 2.45. The molecular formula is C13H22O2. The van der Waals surface area contributed by atoms with Gasteiger partial charge in [-0.15, -0.1) is 0 Å². The molecule has 2 heteroatoms. The molecule has 2 rings (SSSR count). The van der Waals surface area contributed by atoms with Crippen molar-refractivity contribution >= 4 is 6.29 Å². The predicted molar refractivity (Wildman–Crippen MR) is 59.7 cm³/mol. The van der Waals surface area contributed by atoms with Gasteiger partial charge in [0.2, 0.25) is 0 Å². The van der Waals surface area contributed by atoms with E-state index in [9.17, 15) is 4.79 Å². The Morgan fingerprint density at radius 1 is 1.13 bits per heavy atom. The molecule has 0 aromatic carbocycles. The average Bonchev–Trinajstić information content (AvgIpc) is 2.79. The molecule has 0 amide bonds. The van der Waals surface area contributed by atoms with Crippen LogP contribution >= 0.6 is 0 Å². The normalized spacial score (nSPS) is 35.3. The van der Waals surface area contributed by atoms with Crippen LogP contribution in [0.25, 0.3) is 0 Å². The van der Waals surface area contributed by atoms with E-state index in [1.54, 1.807) is 7.11 Å². The van der Waals surface area contributed by atoms with E-state index < -0.39 is 0 Å². The van der Waals surface area contributed by atoms with Crippen molar-refractivity contribution in [3.8, 4) is 0 Å². The second-order valence-electron chi connectivity index (χ2n) is 5.22. The summed E-state index contributed by atoms with van der Waals surface area (Å²) in [5, 5.41) is 0. The zero-order valence-corrected chi connectivity index (χ0v) is 9.71. The first kappa shape index (κ1) is 11.1. The summed E-state index contributed by atoms with van der Waals surface area (Å²) in [5.41, 5.74) is -0.0267. The average molecular weight is 210 g/mol. The zero-order chi connectivity index (χ0) is 10.7. The number of hydrogen-bond donors (Lipinski definition) is 0. The Morgan fingerprint density at radius 3 is 2.40 bits per heavy atom. The number of carbonyl (C=O) groups excluding carboxylic acids is 1. The number of hydrogen-bond acceptors (Lipinski definition) is 2. The number of aldehydes is 1. The first-order chi connectivity index (χ1) is 7.32. The van der Waals surface area contributed by atoms with Gasteiger partial charge in [0.25, 0.3) is 0 Å². The van der Waals surface area contributed by atoms with E-state index in [0.29, 0.717) is 12.0 Å². The van der Waals surface area contributed by atoms with Crippen LogP contribution in [0.1, 0.15) is 51.4 Å². The van der Waals surface area contributed by atoms with Gasteiger partial charge in [-0.25, -0.2) is 0 Å². The van der Waals surface area contributed by atoms with Gasteiger partial charge in [-0.1, -0.05) is 25.7 Å². The molecule has 15 heavy (non-hydrogen) atoms. The van der Waals surface area contributed by atoms with Gasteiger partial charge in [-0.3, -0.25) is 0 Å². The van der Waals surface area contributed by atoms with Crippen LogP contribution in [0.3, 0.4) is 0 Å². The maximum Gasteiger partial charge on any atom is 0.126 e. The summed E-state index contributed by atoms with van der Waals surface area (Å²) >= 11 is 0. The Morgan fingerprint density at radius 2 is 1.80 bits per heavy atom. The Bertz CT molecular complexity index is 219. The van der Waals surface area contributed by atoms with Crippen molar-refractivity contribution in [1.29, 1.82) is 0 Å². The maximum atomic E-state index is 11.4. The third kappa shape index (κ3) is 1.96. The molecule has 0 N–H and O–H groups in total. The molecule has 2 aliphatic rings. The molecule has 0 radical (unpaired) electrons. The molecule has 0 aliphatic heterocycles. The molecule has 0 spiro atoms. The SMILES string of the molecule is CO[C@@H]1CCCC[C@@H]1C1(C=O)CCCC1. The van der Waals surface area contributed by atoms with E-state index in [1.165, 1.54) is 38.4 Å². The van der Waals surface area contributed by atoms with Crippen molar-refractivity contribution in [2.24, 2.45) is 11.3 Å². The lowest BCUT2D eigenvalue weighted by Gasteiger charge is -2.40. The van der Waals surface area contributed by atoms with Gasteiger partial charge in [-0.2, -0.15) is 0 Å². The third-order valence-corrected chi connectivity index (χ3v) is 4.51. The second-order valence-corrected chi connectivity index (χ2v) is 5.22. The minimum atomic E-state index is -0.0267. The van der Waals surface area contributed by atoms with Gasteiger partial charge in [0.1, 0.15) is 6.29 Å². The number of methoxy groups -OCH3 is 1. The van der Waals surface area contributed by atoms with Crippen molar-refractivity contribution in [2.75, 3.05) is 7.11 Å². The topological polar surface area (TPSA) is 26.3 Å². The maximum absolute atomic E-state index is 11.4. The smallest absolute Gasteiger partial charge is 0.126 e. The Labute approximate surface area is 92.4 Å². The fourth-order valence-corrected chi connectivity index (χ4v) is 3.65. The van der Waals surface area contributed by atoms with Crippen molar-refractivity contribution in [3.05, 3.63) is 0 Å². The van der Waals surface area contributed by atoms with Gasteiger partial charge < -0.3 is 9.53 Å². The van der Waals surface area contributed by atoms with Crippen LogP contribution in [0, 0.1) is 11.3 Å². The van der Waals surface area contributed by atoms with E-state index >= 15 is 0 Å². The molecule has 0 bridgehead atoms. The molecule has 0 unspecified atom stereocenters. The van der Waals surface area contributed by atoms with Crippen LogP contribution in [0.2, 0.25) is 0 Å². The quantitative estimate of drug-likeness (QED) is 0.669. The summed E-state index contributed by atoms with van der Waals surface area (Å²) in [7, 11) is 1.80. The van der Waals surface area contributed by atoms with Crippen molar-refractivity contribution < 1.29 is 9.53 Å². The van der Waals surface area contributed by atoms with E-state index in [4.69, 9.17) is 4.74 Å². The predicted octanol–water partition coefficient (Wildman–Crippen LogP) is 2.95. The summed E-state index contributed by atoms with van der Waals surface area (Å²) in [6.07, 6.45) is 11.1. The van der Waals surface area contributed by atoms with Gasteiger partial charge in [0.15, 0.2) is 0 Å². The van der Waals surface area contributed by atoms with Crippen LogP contribution in [0.5, 0.6) is 0 Å². The first-order valence-electron chi connectivity index (χ1n) is 6.31. The zero-order valence-electron chi connectivity index (χ0n) is 9.71. The van der Waals surface area contributed by atoms with Gasteiger partial charge in [0.05, 0.1) is 6.10 Å². The van der Waals surface area contributed by atoms with Gasteiger partial charge in [-0.05, 0) is 31.6 Å². The standard InChI is InChI=1S/C13H22O2/c1-15-12-7-3-2-6-11(12)13(10-14)8-4-5-9-13/h10-12H,2-9H2,1H3/t11-,12+/m0/s1. The summed E-state index contributed by atoms with van der Waals surface area (Å²) in [6, 6.07) is 0. The highest BCUT2D eigenvalue weighted by Crippen LogP contribution is 2.48. The molecule has 86 valence electrons. The fraction of sp³-hybridized carbons (Fsp3) is 0.923. The van der Waals surface area contributed by atoms with Crippen LogP contribution < -0.4 is 0 Å². The van der Waals surface area contributed by atoms with Crippen LogP contribution in [0.4, 0.5) is 0 Å². The molecular weight excluding hydrogens is 188 g/mol. The van der Waals surface area contributed by atoms with Crippen LogP contribution in [0.15, 0.2) is 0 Å². The monoisotopic (exact) mass is 210 g/mol. The van der Waals surface area contributed by atoms with E-state index in [0.717, 1.165) is 19.3 Å². The lowest BCUT2D eigenvalue weighted by Crippen LogP contribution is -2.40. The Hall–Kier alpha value is -0.370. The van der Waals surface area contributed by atoms with Crippen molar-refractivity contribution in [2.45, 2.75) is 57.5 Å². The molecule has 0 aromatic heterocycles. The number of carbonyl (C=O) groups is 1. The molecule has 0 saturated heterocycles. The Kier molecular flexibility index (Phi) is 3.45. The highest BCUT2D eigenvalue weighted by molar-refractivity contribution is 5.60. The summed E-state index contributed by atoms with van der Waals surface area (Å²) in [4.78, 5) is 11.4. The van der Waals surface area contributed by atoms with E-state index in [-0.39, 0.29) is 5.41 Å². The minimum Gasteiger partial charge on any atom is -0.381 e. The molecule has 2 atom stereocenters. The molecule has 0 heterocycles. The largest absolute Gasteiger partial charge is 0.381 e. The van der Waals surface area contributed by atoms with Crippen molar-refractivity contribution in [1.82, 2.24) is 0 Å². The summed E-state index contributed by atoms with van der Waals surface area (Å²) in [5.74, 6) is 0.497. The lowest BCUT2D eigenvalue weighted by atomic mass is 9.67. The second kappa shape index (κ2) is 4.65. The Balaban J connectivity index is 2.14. The molecule has 2 saturated carbocycles. The molecule has 2 nitrogen and oxygen atoms in total. The van der Waals surface area contributed by atoms with E-state index in [2.05, 4.69) is 0 Å². The van der Waals surface area contributed by atoms with E-state index in [1.807, 2.05) is 0 Å². The molecule has 2 fully saturated rings. The van der Waals surface area contributed by atoms with Crippen molar-refractivity contribution in [3.63, 3.8) is 0 Å². The number of ether oxygens (including phenoxy) is 1. The summed E-state index contributed by atoms with van der Waals surface area (Å²) < 4.78 is 5.58. The highest BCUT2D eigenvalue weighted by atomic mass is 16.5. The molecule has 0 aromatic rings. The lowest BCUT2D eigenvalue weighted by molar-refractivity contribution is -0.125. The van der Waals surface area contributed by atoms with Gasteiger partial charge >= 0.3 is 0 Å².